The molecule has 0 aliphatic rings. The number of hydrogen-bond donors (Lipinski definition) is 5. The van der Waals surface area contributed by atoms with E-state index in [1.165, 1.54) is 0 Å². The smallest absolute Gasteiger partial charge is 0.364 e. The molecule has 0 aromatic carbocycles. The fourth-order valence-electron chi connectivity index (χ4n) is 0. The maximum atomic E-state index is 8.74. The third-order valence-electron chi connectivity index (χ3n) is 0.383. The van der Waals surface area contributed by atoms with Crippen LogP contribution in [0.4, 0.5) is 0 Å². The van der Waals surface area contributed by atoms with Gasteiger partial charge in [0.2, 0.25) is 0 Å². The van der Waals surface area contributed by atoms with Gasteiger partial charge in [0, 0.05) is 14.1 Å². The van der Waals surface area contributed by atoms with Gasteiger partial charge in [-0.15, -0.1) is 12.6 Å². The van der Waals surface area contributed by atoms with Crippen molar-refractivity contribution in [1.29, 1.82) is 0 Å². The summed E-state index contributed by atoms with van der Waals surface area (Å²) < 4.78 is 32.2. The summed E-state index contributed by atoms with van der Waals surface area (Å²) in [6, 6.07) is 0. The second-order valence-electron chi connectivity index (χ2n) is 1.62. The lowest BCUT2D eigenvalue weighted by Crippen LogP contribution is -2.12. The SMILES string of the molecule is CN(C)C(=S)S.NN.O=S(=O)(O)O. The molecule has 82 valence electrons. The predicted molar refractivity (Wildman–Crippen MR) is 57.8 cm³/mol. The molecule has 0 aromatic rings. The summed E-state index contributed by atoms with van der Waals surface area (Å²) in [5.74, 6) is 8.00. The van der Waals surface area contributed by atoms with E-state index in [1.807, 2.05) is 14.1 Å². The molecule has 0 aliphatic heterocycles. The van der Waals surface area contributed by atoms with Crippen molar-refractivity contribution in [3.63, 3.8) is 0 Å². The minimum absolute atomic E-state index is 0.620. The lowest BCUT2D eigenvalue weighted by molar-refractivity contribution is 0.381. The molecule has 0 unspecified atom stereocenters. The Labute approximate surface area is 88.0 Å². The van der Waals surface area contributed by atoms with E-state index in [4.69, 9.17) is 17.5 Å². The Morgan fingerprint density at radius 1 is 1.38 bits per heavy atom. The molecule has 0 heterocycles. The largest absolute Gasteiger partial charge is 0.394 e. The minimum Gasteiger partial charge on any atom is -0.364 e. The second-order valence-corrected chi connectivity index (χ2v) is 3.63. The van der Waals surface area contributed by atoms with Gasteiger partial charge in [-0.25, -0.2) is 0 Å². The Morgan fingerprint density at radius 2 is 1.46 bits per heavy atom. The van der Waals surface area contributed by atoms with Crippen molar-refractivity contribution in [3.05, 3.63) is 0 Å². The fraction of sp³-hybridized carbons (Fsp3) is 0.667. The Hall–Kier alpha value is 0.0300. The van der Waals surface area contributed by atoms with E-state index in [-0.39, 0.29) is 0 Å². The highest BCUT2D eigenvalue weighted by Crippen LogP contribution is 1.84. The molecule has 0 bridgehead atoms. The summed E-state index contributed by atoms with van der Waals surface area (Å²) >= 11 is 8.46. The first-order valence-corrected chi connectivity index (χ1v) is 4.83. The van der Waals surface area contributed by atoms with Crippen LogP contribution in [0.25, 0.3) is 0 Å². The monoisotopic (exact) mass is 251 g/mol. The predicted octanol–water partition coefficient (Wildman–Crippen LogP) is -1.07. The van der Waals surface area contributed by atoms with Gasteiger partial charge in [0.1, 0.15) is 4.32 Å². The normalized spacial score (nSPS) is 8.54. The summed E-state index contributed by atoms with van der Waals surface area (Å²) in [6.45, 7) is 0. The van der Waals surface area contributed by atoms with Gasteiger partial charge >= 0.3 is 10.4 Å². The number of thiol groups is 1. The first-order chi connectivity index (χ1) is 5.64. The molecule has 0 aromatic heterocycles. The van der Waals surface area contributed by atoms with Crippen molar-refractivity contribution in [2.75, 3.05) is 14.1 Å². The topological polar surface area (TPSA) is 130 Å². The molecule has 0 spiro atoms. The number of nitrogens with zero attached hydrogens (tertiary/aromatic N) is 1. The van der Waals surface area contributed by atoms with E-state index in [2.05, 4.69) is 36.5 Å². The lowest BCUT2D eigenvalue weighted by atomic mass is 11.0. The zero-order chi connectivity index (χ0) is 11.7. The van der Waals surface area contributed by atoms with Gasteiger partial charge < -0.3 is 4.90 Å². The maximum Gasteiger partial charge on any atom is 0.394 e. The summed E-state index contributed by atoms with van der Waals surface area (Å²) in [5, 5.41) is 0. The lowest BCUT2D eigenvalue weighted by Gasteiger charge is -2.05. The quantitative estimate of drug-likeness (QED) is 0.121. The average Bonchev–Trinajstić information content (AvgIpc) is 1.88. The van der Waals surface area contributed by atoms with Crippen LogP contribution in [0.5, 0.6) is 0 Å². The van der Waals surface area contributed by atoms with Crippen molar-refractivity contribution in [2.45, 2.75) is 0 Å². The van der Waals surface area contributed by atoms with E-state index >= 15 is 0 Å². The maximum absolute atomic E-state index is 8.74. The highest BCUT2D eigenvalue weighted by Gasteiger charge is 1.84. The van der Waals surface area contributed by atoms with Gasteiger partial charge in [0.05, 0.1) is 0 Å². The van der Waals surface area contributed by atoms with E-state index < -0.39 is 10.4 Å². The molecule has 10 heteroatoms. The van der Waals surface area contributed by atoms with Crippen molar-refractivity contribution in [2.24, 2.45) is 11.7 Å². The first kappa shape index (κ1) is 18.7. The van der Waals surface area contributed by atoms with Gasteiger partial charge in [0.25, 0.3) is 0 Å². The van der Waals surface area contributed by atoms with Crippen LogP contribution in [0.2, 0.25) is 0 Å². The van der Waals surface area contributed by atoms with Gasteiger partial charge in [0.15, 0.2) is 0 Å². The molecule has 0 aliphatic carbocycles. The number of hydrazine groups is 1. The summed E-state index contributed by atoms with van der Waals surface area (Å²) in [5.41, 5.74) is 0. The molecule has 0 amide bonds. The van der Waals surface area contributed by atoms with Gasteiger partial charge in [-0.1, -0.05) is 12.2 Å². The van der Waals surface area contributed by atoms with Crippen LogP contribution in [0.1, 0.15) is 0 Å². The van der Waals surface area contributed by atoms with Gasteiger partial charge in [-0.2, -0.15) is 8.42 Å². The number of rotatable bonds is 0. The zero-order valence-corrected chi connectivity index (χ0v) is 9.60. The van der Waals surface area contributed by atoms with Crippen LogP contribution in [0.3, 0.4) is 0 Å². The van der Waals surface area contributed by atoms with Crippen LogP contribution < -0.4 is 11.7 Å². The molecule has 0 atom stereocenters. The van der Waals surface area contributed by atoms with Crippen molar-refractivity contribution in [1.82, 2.24) is 4.90 Å². The van der Waals surface area contributed by atoms with Crippen LogP contribution >= 0.6 is 24.8 Å². The average molecular weight is 251 g/mol. The third kappa shape index (κ3) is 74.5. The first-order valence-electron chi connectivity index (χ1n) is 2.58. The second kappa shape index (κ2) is 10.1. The molecule has 0 fully saturated rings. The molecule has 0 radical (unpaired) electrons. The van der Waals surface area contributed by atoms with Crippen molar-refractivity contribution in [3.8, 4) is 0 Å². The summed E-state index contributed by atoms with van der Waals surface area (Å²) in [4.78, 5) is 1.76. The highest BCUT2D eigenvalue weighted by molar-refractivity contribution is 8.10. The fourth-order valence-corrected chi connectivity index (χ4v) is 0. The van der Waals surface area contributed by atoms with Gasteiger partial charge in [-0.05, 0) is 0 Å². The minimum atomic E-state index is -4.67. The van der Waals surface area contributed by atoms with Crippen molar-refractivity contribution < 1.29 is 17.5 Å². The zero-order valence-electron chi connectivity index (χ0n) is 7.08. The van der Waals surface area contributed by atoms with Crippen LogP contribution in [0, 0.1) is 0 Å². The number of thiocarbonyl (C=S) groups is 1. The molecule has 7 nitrogen and oxygen atoms in total. The van der Waals surface area contributed by atoms with Crippen molar-refractivity contribution >= 4 is 39.6 Å². The summed E-state index contributed by atoms with van der Waals surface area (Å²) in [6.07, 6.45) is 0. The third-order valence-corrected chi connectivity index (χ3v) is 1.15. The molecule has 13 heavy (non-hydrogen) atoms. The molecule has 0 saturated carbocycles. The van der Waals surface area contributed by atoms with E-state index in [1.54, 1.807) is 4.90 Å². The Morgan fingerprint density at radius 3 is 1.46 bits per heavy atom. The number of hydrogen-bond acceptors (Lipinski definition) is 5. The van der Waals surface area contributed by atoms with Gasteiger partial charge in [-0.3, -0.25) is 20.8 Å². The summed E-state index contributed by atoms with van der Waals surface area (Å²) in [7, 11) is -0.954. The molecular formula is C3H13N3O4S3. The molecule has 0 rings (SSSR count). The molecule has 0 saturated heterocycles. The van der Waals surface area contributed by atoms with E-state index in [9.17, 15) is 0 Å². The van der Waals surface area contributed by atoms with E-state index in [0.29, 0.717) is 4.32 Å². The van der Waals surface area contributed by atoms with Crippen LogP contribution in [-0.4, -0.2) is 40.8 Å². The Bertz CT molecular complexity index is 206. The van der Waals surface area contributed by atoms with Crippen LogP contribution in [-0.2, 0) is 10.4 Å². The molecular weight excluding hydrogens is 238 g/mol. The Kier molecular flexibility index (Phi) is 14.6. The molecule has 6 N–H and O–H groups in total. The number of nitrogens with two attached hydrogens (primary N) is 2. The van der Waals surface area contributed by atoms with Crippen LogP contribution in [0.15, 0.2) is 0 Å². The standard InChI is InChI=1S/C3H7NS2.H4N2.H2O4S/c1-4(2)3(5)6;1-2;1-5(2,3)4/h1-2H3,(H,5,6);1-2H2;(H2,1,2,3,4). The van der Waals surface area contributed by atoms with E-state index in [0.717, 1.165) is 0 Å². The Balaban J connectivity index is -0.000000131. The highest BCUT2D eigenvalue weighted by atomic mass is 32.3.